The van der Waals surface area contributed by atoms with E-state index in [1.807, 2.05) is 77.1 Å². The number of benzene rings is 1. The van der Waals surface area contributed by atoms with Crippen molar-refractivity contribution in [1.82, 2.24) is 15.8 Å². The summed E-state index contributed by atoms with van der Waals surface area (Å²) in [5.41, 5.74) is 16.0. The topological polar surface area (TPSA) is 104 Å². The van der Waals surface area contributed by atoms with Crippen molar-refractivity contribution in [2.75, 3.05) is 12.3 Å². The van der Waals surface area contributed by atoms with Gasteiger partial charge in [0.2, 0.25) is 6.41 Å². The lowest BCUT2D eigenvalue weighted by atomic mass is 9.99. The summed E-state index contributed by atoms with van der Waals surface area (Å²) in [6.07, 6.45) is 9.10. The smallest absolute Gasteiger partial charge is 0.221 e. The van der Waals surface area contributed by atoms with Crippen LogP contribution in [0.5, 0.6) is 0 Å². The molecule has 1 aromatic carbocycles. The van der Waals surface area contributed by atoms with Gasteiger partial charge < -0.3 is 5.73 Å². The highest BCUT2D eigenvalue weighted by molar-refractivity contribution is 6.13. The average Bonchev–Trinajstić information content (AvgIpc) is 2.85. The molecule has 5 N–H and O–H groups in total. The van der Waals surface area contributed by atoms with Crippen LogP contribution in [0, 0.1) is 24.7 Å². The number of nitrogens with zero attached hydrogens (tertiary/aromatic N) is 1. The fourth-order valence-electron chi connectivity index (χ4n) is 2.44. The Hall–Kier alpha value is -3.32. The Bertz CT molecular complexity index is 959. The molecule has 0 radical (unpaired) electrons. The Morgan fingerprint density at radius 3 is 2.19 bits per heavy atom. The van der Waals surface area contributed by atoms with Crippen molar-refractivity contribution in [2.24, 2.45) is 5.41 Å². The van der Waals surface area contributed by atoms with Crippen molar-refractivity contribution in [3.63, 3.8) is 0 Å². The highest BCUT2D eigenvalue weighted by Gasteiger charge is 2.09. The predicted molar refractivity (Wildman–Crippen MR) is 158 cm³/mol. The van der Waals surface area contributed by atoms with Gasteiger partial charge in [-0.1, -0.05) is 84.4 Å². The van der Waals surface area contributed by atoms with Crippen LogP contribution in [-0.2, 0) is 4.79 Å². The van der Waals surface area contributed by atoms with Crippen LogP contribution in [0.2, 0.25) is 0 Å². The molecule has 0 aliphatic heterocycles. The maximum Gasteiger partial charge on any atom is 0.221 e. The number of aromatic nitrogens is 1. The number of carbonyl (C=O) groups excluding carboxylic acids is 1. The molecule has 1 aliphatic rings. The van der Waals surface area contributed by atoms with E-state index in [0.717, 1.165) is 28.9 Å². The molecular formula is C30H48FN5O. The molecule has 1 amide bonds. The zero-order valence-corrected chi connectivity index (χ0v) is 24.2. The van der Waals surface area contributed by atoms with Crippen LogP contribution in [0.15, 0.2) is 60.8 Å². The zero-order valence-electron chi connectivity index (χ0n) is 24.2. The number of hydrogen-bond acceptors (Lipinski definition) is 5. The number of amides is 1. The summed E-state index contributed by atoms with van der Waals surface area (Å²) in [5.74, 6) is 0. The number of alkyl halides is 1. The normalized spacial score (nSPS) is 13.1. The maximum absolute atomic E-state index is 12.0. The number of nitrogens with two attached hydrogens (primary N) is 1. The third-order valence-corrected chi connectivity index (χ3v) is 3.93. The number of nitrogen functional groups attached to an aromatic ring is 1. The molecular weight excluding hydrogens is 465 g/mol. The van der Waals surface area contributed by atoms with Gasteiger partial charge in [0.25, 0.3) is 0 Å². The number of carbonyl (C=O) groups is 1. The molecule has 1 aromatic heterocycles. The summed E-state index contributed by atoms with van der Waals surface area (Å²) in [4.78, 5) is 13.5. The second-order valence-corrected chi connectivity index (χ2v) is 9.51. The highest BCUT2D eigenvalue weighted by atomic mass is 19.1. The van der Waals surface area contributed by atoms with Gasteiger partial charge in [-0.25, -0.2) is 9.82 Å². The Morgan fingerprint density at radius 1 is 1.16 bits per heavy atom. The number of nitrogens with one attached hydrogen (secondary N) is 3. The Morgan fingerprint density at radius 2 is 1.78 bits per heavy atom. The molecule has 0 saturated heterocycles. The van der Waals surface area contributed by atoms with Crippen LogP contribution in [0.25, 0.3) is 0 Å². The summed E-state index contributed by atoms with van der Waals surface area (Å²) in [6.45, 7) is 19.3. The van der Waals surface area contributed by atoms with Crippen LogP contribution in [0.1, 0.15) is 77.3 Å². The number of anilines is 1. The molecule has 0 saturated carbocycles. The van der Waals surface area contributed by atoms with E-state index in [0.29, 0.717) is 29.6 Å². The summed E-state index contributed by atoms with van der Waals surface area (Å²) < 4.78 is 12.0. The van der Waals surface area contributed by atoms with E-state index in [2.05, 4.69) is 43.5 Å². The first-order chi connectivity index (χ1) is 17.4. The third kappa shape index (κ3) is 20.6. The third-order valence-electron chi connectivity index (χ3n) is 3.93. The lowest BCUT2D eigenvalue weighted by Gasteiger charge is -2.09. The molecule has 1 atom stereocenters. The van der Waals surface area contributed by atoms with Crippen molar-refractivity contribution in [1.29, 1.82) is 5.41 Å². The summed E-state index contributed by atoms with van der Waals surface area (Å²) >= 11 is 0. The Kier molecular flexibility index (Phi) is 20.2. The van der Waals surface area contributed by atoms with E-state index in [4.69, 9.17) is 11.1 Å². The van der Waals surface area contributed by atoms with Gasteiger partial charge >= 0.3 is 0 Å². The quantitative estimate of drug-likeness (QED) is 0.115. The molecule has 37 heavy (non-hydrogen) atoms. The molecule has 1 aliphatic carbocycles. The van der Waals surface area contributed by atoms with Crippen molar-refractivity contribution >= 4 is 17.8 Å². The molecule has 1 heterocycles. The molecule has 0 fully saturated rings. The van der Waals surface area contributed by atoms with E-state index in [-0.39, 0.29) is 0 Å². The van der Waals surface area contributed by atoms with Gasteiger partial charge in [-0.15, -0.1) is 0 Å². The van der Waals surface area contributed by atoms with Gasteiger partial charge in [0.1, 0.15) is 6.17 Å². The van der Waals surface area contributed by atoms with E-state index in [1.54, 1.807) is 18.3 Å². The second-order valence-electron chi connectivity index (χ2n) is 9.51. The van der Waals surface area contributed by atoms with E-state index < -0.39 is 6.17 Å². The van der Waals surface area contributed by atoms with Crippen LogP contribution in [-0.4, -0.2) is 29.8 Å². The first-order valence-electron chi connectivity index (χ1n) is 12.7. The van der Waals surface area contributed by atoms with Crippen molar-refractivity contribution in [3.05, 3.63) is 83.2 Å². The fraction of sp³-hybridized carbons (Fsp3) is 0.433. The first-order valence-corrected chi connectivity index (χ1v) is 12.7. The van der Waals surface area contributed by atoms with Crippen LogP contribution in [0.3, 0.4) is 0 Å². The zero-order chi connectivity index (χ0) is 28.9. The van der Waals surface area contributed by atoms with Gasteiger partial charge in [0.05, 0.1) is 5.71 Å². The number of hydrogen-bond donors (Lipinski definition) is 4. The Labute approximate surface area is 224 Å². The minimum atomic E-state index is -0.731. The second kappa shape index (κ2) is 20.8. The van der Waals surface area contributed by atoms with Crippen molar-refractivity contribution in [3.8, 4) is 0 Å². The SMILES string of the molecule is CC.CC(C)(C)C.CCNNC=O.Cc1ccc(N)c(C(=N)c2ccnc(C)c2)c1.FC1C=CC=CC1. The monoisotopic (exact) mass is 513 g/mol. The van der Waals surface area contributed by atoms with E-state index in [1.165, 1.54) is 0 Å². The number of hydrazine groups is 1. The van der Waals surface area contributed by atoms with Crippen LogP contribution >= 0.6 is 0 Å². The lowest BCUT2D eigenvalue weighted by Crippen LogP contribution is -2.29. The summed E-state index contributed by atoms with van der Waals surface area (Å²) in [5, 5.41) is 8.20. The molecule has 3 rings (SSSR count). The minimum Gasteiger partial charge on any atom is -0.398 e. The number of aryl methyl sites for hydroxylation is 2. The lowest BCUT2D eigenvalue weighted by molar-refractivity contribution is -0.110. The van der Waals surface area contributed by atoms with Crippen molar-refractivity contribution < 1.29 is 9.18 Å². The largest absolute Gasteiger partial charge is 0.398 e. The summed E-state index contributed by atoms with van der Waals surface area (Å²) in [7, 11) is 0. The van der Waals surface area contributed by atoms with Gasteiger partial charge in [0, 0.05) is 41.7 Å². The average molecular weight is 514 g/mol. The number of allylic oxidation sites excluding steroid dienone is 4. The molecule has 6 nitrogen and oxygen atoms in total. The Balaban J connectivity index is 0. The molecule has 206 valence electrons. The van der Waals surface area contributed by atoms with Gasteiger partial charge in [-0.2, -0.15) is 0 Å². The van der Waals surface area contributed by atoms with Gasteiger partial charge in [-0.05, 0) is 43.5 Å². The molecule has 0 bridgehead atoms. The first kappa shape index (κ1) is 35.8. The minimum absolute atomic E-state index is 0.441. The van der Waals surface area contributed by atoms with E-state index in [9.17, 15) is 9.18 Å². The molecule has 7 heteroatoms. The number of pyridine rings is 1. The van der Waals surface area contributed by atoms with Crippen molar-refractivity contribution in [2.45, 2.75) is 74.9 Å². The highest BCUT2D eigenvalue weighted by Crippen LogP contribution is 2.18. The van der Waals surface area contributed by atoms with Gasteiger partial charge in [0.15, 0.2) is 0 Å². The van der Waals surface area contributed by atoms with E-state index >= 15 is 0 Å². The standard InChI is InChI=1S/C14H15N3.C6H7F.C5H12.C3H8N2O.C2H6/c1-9-3-4-13(15)12(7-9)14(16)11-5-6-17-10(2)8-11;7-6-4-2-1-3-5-6;1-5(2,3)4;1-2-4-5-3-6;1-2/h3-8,16H,15H2,1-2H3;1-4,6H,5H2;1-4H3;3-4H,2H2,1H3,(H,5,6);1-2H3. The number of rotatable bonds is 5. The number of halogens is 1. The molecule has 1 unspecified atom stereocenters. The van der Waals surface area contributed by atoms with Crippen LogP contribution < -0.4 is 16.6 Å². The molecule has 0 spiro atoms. The fourth-order valence-corrected chi connectivity index (χ4v) is 2.44. The summed E-state index contributed by atoms with van der Waals surface area (Å²) in [6, 6.07) is 9.45. The predicted octanol–water partition coefficient (Wildman–Crippen LogP) is 6.87. The maximum atomic E-state index is 12.0. The van der Waals surface area contributed by atoms with Crippen LogP contribution in [0.4, 0.5) is 10.1 Å². The molecule has 2 aromatic rings. The van der Waals surface area contributed by atoms with Gasteiger partial charge in [-0.3, -0.25) is 20.6 Å².